The van der Waals surface area contributed by atoms with Gasteiger partial charge in [0.15, 0.2) is 0 Å². The van der Waals surface area contributed by atoms with E-state index in [4.69, 9.17) is 6.42 Å². The summed E-state index contributed by atoms with van der Waals surface area (Å²) in [6, 6.07) is 6.89. The van der Waals surface area contributed by atoms with E-state index in [2.05, 4.69) is 16.2 Å². The molecule has 1 aromatic carbocycles. The third-order valence-electron chi connectivity index (χ3n) is 6.65. The third kappa shape index (κ3) is 6.65. The average Bonchev–Trinajstić information content (AvgIpc) is 2.82. The van der Waals surface area contributed by atoms with Crippen molar-refractivity contribution in [3.05, 3.63) is 76.5 Å². The van der Waals surface area contributed by atoms with Crippen LogP contribution in [0, 0.1) is 32.1 Å². The van der Waals surface area contributed by atoms with Crippen molar-refractivity contribution in [2.75, 3.05) is 0 Å². The number of rotatable bonds is 9. The Hall–Kier alpha value is -3.92. The van der Waals surface area contributed by atoms with Gasteiger partial charge in [0.25, 0.3) is 6.71 Å². The van der Waals surface area contributed by atoms with E-state index in [1.165, 1.54) is 6.20 Å². The Kier molecular flexibility index (Phi) is 8.88. The predicted octanol–water partition coefficient (Wildman–Crippen LogP) is 5.05. The topological polar surface area (TPSA) is 96.4 Å². The Morgan fingerprint density at radius 3 is 2.43 bits per heavy atom. The lowest BCUT2D eigenvalue weighted by molar-refractivity contribution is -0.137. The fourth-order valence-electron chi connectivity index (χ4n) is 4.90. The van der Waals surface area contributed by atoms with Crippen molar-refractivity contribution in [2.45, 2.75) is 59.3 Å². The molecule has 0 saturated carbocycles. The molecule has 0 radical (unpaired) electrons. The van der Waals surface area contributed by atoms with Crippen molar-refractivity contribution in [1.29, 1.82) is 0 Å². The summed E-state index contributed by atoms with van der Waals surface area (Å²) in [5.41, 5.74) is 5.37. The zero-order valence-corrected chi connectivity index (χ0v) is 22.0. The number of pyridine rings is 1. The SMILES string of the molecule is C#Cc1ncc(C(CC(=O)O)NC(=O)[C@H](CC(C)C)B2C=CC(C)=CC2=O)cc1-c1c(C)cccc1C. The number of hydrogen-bond acceptors (Lipinski definition) is 4. The minimum Gasteiger partial charge on any atom is -0.481 e. The number of amides is 1. The fourth-order valence-corrected chi connectivity index (χ4v) is 4.90. The minimum absolute atomic E-state index is 0.118. The van der Waals surface area contributed by atoms with Gasteiger partial charge < -0.3 is 15.2 Å². The van der Waals surface area contributed by atoms with E-state index in [1.807, 2.05) is 65.0 Å². The fraction of sp³-hybridized carbons (Fsp3) is 0.333. The number of aromatic nitrogens is 1. The number of benzene rings is 1. The van der Waals surface area contributed by atoms with Crippen LogP contribution in [0.25, 0.3) is 11.1 Å². The molecule has 190 valence electrons. The lowest BCUT2D eigenvalue weighted by Crippen LogP contribution is -2.42. The van der Waals surface area contributed by atoms with Crippen LogP contribution in [0.5, 0.6) is 0 Å². The quantitative estimate of drug-likeness (QED) is 0.374. The lowest BCUT2D eigenvalue weighted by atomic mass is 9.36. The Morgan fingerprint density at radius 2 is 1.86 bits per heavy atom. The number of aryl methyl sites for hydroxylation is 2. The van der Waals surface area contributed by atoms with Gasteiger partial charge in [-0.2, -0.15) is 0 Å². The lowest BCUT2D eigenvalue weighted by Gasteiger charge is -2.26. The van der Waals surface area contributed by atoms with Crippen LogP contribution in [0.4, 0.5) is 0 Å². The zero-order valence-electron chi connectivity index (χ0n) is 22.0. The molecule has 2 aromatic rings. The summed E-state index contributed by atoms with van der Waals surface area (Å²) in [5.74, 6) is 2.52. The van der Waals surface area contributed by atoms with E-state index in [0.29, 0.717) is 23.2 Å². The average molecular weight is 496 g/mol. The Balaban J connectivity index is 2.01. The van der Waals surface area contributed by atoms with Crippen LogP contribution in [0.3, 0.4) is 0 Å². The van der Waals surface area contributed by atoms with Gasteiger partial charge in [-0.3, -0.25) is 9.59 Å². The summed E-state index contributed by atoms with van der Waals surface area (Å²) < 4.78 is 0. The number of terminal acetylenes is 1. The van der Waals surface area contributed by atoms with E-state index in [-0.39, 0.29) is 23.9 Å². The highest BCUT2D eigenvalue weighted by molar-refractivity contribution is 6.98. The van der Waals surface area contributed by atoms with Gasteiger partial charge in [-0.25, -0.2) is 4.98 Å². The molecule has 0 aliphatic carbocycles. The molecule has 2 heterocycles. The molecule has 3 rings (SSSR count). The molecule has 1 aromatic heterocycles. The number of hydrogen-bond donors (Lipinski definition) is 2. The van der Waals surface area contributed by atoms with Crippen LogP contribution in [0.1, 0.15) is 62.0 Å². The molecule has 1 amide bonds. The summed E-state index contributed by atoms with van der Waals surface area (Å²) in [7, 11) is 0. The van der Waals surface area contributed by atoms with Gasteiger partial charge in [-0.1, -0.05) is 38.1 Å². The molecule has 1 aliphatic rings. The maximum Gasteiger partial charge on any atom is 0.305 e. The van der Waals surface area contributed by atoms with Crippen molar-refractivity contribution in [3.63, 3.8) is 0 Å². The van der Waals surface area contributed by atoms with Gasteiger partial charge in [-0.15, -0.1) is 12.4 Å². The van der Waals surface area contributed by atoms with Gasteiger partial charge in [0.1, 0.15) is 11.4 Å². The van der Waals surface area contributed by atoms with Crippen LogP contribution < -0.4 is 5.32 Å². The molecule has 37 heavy (non-hydrogen) atoms. The maximum atomic E-state index is 13.6. The van der Waals surface area contributed by atoms with Crippen molar-refractivity contribution in [2.24, 2.45) is 5.92 Å². The molecular formula is C30H33BN2O4. The number of allylic oxidation sites excluding steroid dienone is 3. The van der Waals surface area contributed by atoms with Crippen LogP contribution in [0.2, 0.25) is 5.82 Å². The molecular weight excluding hydrogens is 463 g/mol. The van der Waals surface area contributed by atoms with Crippen LogP contribution in [-0.2, 0) is 14.4 Å². The van der Waals surface area contributed by atoms with Gasteiger partial charge in [-0.05, 0) is 79.0 Å². The summed E-state index contributed by atoms with van der Waals surface area (Å²) in [6.45, 7) is 9.19. The number of nitrogens with zero attached hydrogens (tertiary/aromatic N) is 1. The summed E-state index contributed by atoms with van der Waals surface area (Å²) in [5, 5.41) is 12.6. The first kappa shape index (κ1) is 27.7. The zero-order chi connectivity index (χ0) is 27.3. The van der Waals surface area contributed by atoms with E-state index >= 15 is 0 Å². The summed E-state index contributed by atoms with van der Waals surface area (Å²) >= 11 is 0. The van der Waals surface area contributed by atoms with E-state index in [0.717, 1.165) is 22.3 Å². The number of carbonyl (C=O) groups is 3. The molecule has 0 bridgehead atoms. The second kappa shape index (κ2) is 11.9. The second-order valence-corrected chi connectivity index (χ2v) is 10.1. The first-order valence-corrected chi connectivity index (χ1v) is 12.5. The standard InChI is InChI=1S/C30H33BN2O4/c1-7-25-23(29-20(5)9-8-10-21(29)6)15-22(17-32-25)26(16-28(35)36)33-30(37)24(13-18(2)3)31-12-11-19(4)14-27(31)34/h1,8-12,14-15,17-18,24,26H,13,16H2,2-6H3,(H,33,37)(H,35,36)/t24-,26?/m0/s1. The van der Waals surface area contributed by atoms with Crippen molar-refractivity contribution in [1.82, 2.24) is 10.3 Å². The largest absolute Gasteiger partial charge is 0.481 e. The van der Waals surface area contributed by atoms with Crippen molar-refractivity contribution in [3.8, 4) is 23.5 Å². The number of carboxylic acids is 1. The highest BCUT2D eigenvalue weighted by atomic mass is 16.4. The Labute approximate surface area is 219 Å². The third-order valence-corrected chi connectivity index (χ3v) is 6.65. The maximum absolute atomic E-state index is 13.6. The number of aliphatic carboxylic acids is 1. The molecule has 0 saturated heterocycles. The molecule has 1 aliphatic heterocycles. The van der Waals surface area contributed by atoms with Crippen LogP contribution in [-0.4, -0.2) is 34.4 Å². The van der Waals surface area contributed by atoms with E-state index in [9.17, 15) is 19.5 Å². The number of carbonyl (C=O) groups excluding carboxylic acids is 2. The smallest absolute Gasteiger partial charge is 0.305 e. The number of nitrogens with one attached hydrogen (secondary N) is 1. The van der Waals surface area contributed by atoms with Crippen molar-refractivity contribution >= 4 is 24.3 Å². The van der Waals surface area contributed by atoms with Crippen LogP contribution >= 0.6 is 0 Å². The Bertz CT molecular complexity index is 1300. The molecule has 2 N–H and O–H groups in total. The first-order chi connectivity index (χ1) is 17.5. The second-order valence-electron chi connectivity index (χ2n) is 10.1. The normalized spacial score (nSPS) is 14.7. The highest BCUT2D eigenvalue weighted by Gasteiger charge is 2.37. The van der Waals surface area contributed by atoms with Crippen molar-refractivity contribution < 1.29 is 19.5 Å². The van der Waals surface area contributed by atoms with Gasteiger partial charge in [0.2, 0.25) is 5.91 Å². The van der Waals surface area contributed by atoms with Gasteiger partial charge in [0.05, 0.1) is 12.5 Å². The number of carboxylic acid groups (broad SMARTS) is 1. The minimum atomic E-state index is -1.06. The highest BCUT2D eigenvalue weighted by Crippen LogP contribution is 2.33. The van der Waals surface area contributed by atoms with Gasteiger partial charge >= 0.3 is 5.97 Å². The molecule has 1 unspecified atom stereocenters. The van der Waals surface area contributed by atoms with E-state index < -0.39 is 24.5 Å². The monoisotopic (exact) mass is 496 g/mol. The van der Waals surface area contributed by atoms with E-state index in [1.54, 1.807) is 12.1 Å². The molecule has 6 nitrogen and oxygen atoms in total. The first-order valence-electron chi connectivity index (χ1n) is 12.5. The predicted molar refractivity (Wildman–Crippen MR) is 147 cm³/mol. The summed E-state index contributed by atoms with van der Waals surface area (Å²) in [4.78, 5) is 42.6. The van der Waals surface area contributed by atoms with Crippen LogP contribution in [0.15, 0.2) is 54.2 Å². The summed E-state index contributed by atoms with van der Waals surface area (Å²) in [6.07, 6.45) is 10.8. The molecule has 0 fully saturated rings. The van der Waals surface area contributed by atoms with Gasteiger partial charge in [0, 0.05) is 17.6 Å². The molecule has 7 heteroatoms. The molecule has 0 spiro atoms. The molecule has 2 atom stereocenters. The Morgan fingerprint density at radius 1 is 1.19 bits per heavy atom.